The first kappa shape index (κ1) is 39.0. The summed E-state index contributed by atoms with van der Waals surface area (Å²) in [6, 6.07) is 24.3. The van der Waals surface area contributed by atoms with Crippen molar-refractivity contribution in [2.45, 2.75) is 142 Å². The zero-order chi connectivity index (χ0) is 33.7. The monoisotopic (exact) mass is 652 g/mol. The predicted octanol–water partition coefficient (Wildman–Crippen LogP) is 13.8. The number of aliphatic imine (C=N–C) groups is 2. The predicted molar refractivity (Wildman–Crippen MR) is 209 cm³/mol. The van der Waals surface area contributed by atoms with E-state index in [-0.39, 0.29) is 0 Å². The Morgan fingerprint density at radius 1 is 0.417 bits per heavy atom. The molecule has 0 bridgehead atoms. The Bertz CT molecular complexity index is 1160. The van der Waals surface area contributed by atoms with Crippen molar-refractivity contribution in [2.24, 2.45) is 9.98 Å². The number of rotatable bonds is 28. The van der Waals surface area contributed by atoms with E-state index in [0.29, 0.717) is 13.2 Å². The summed E-state index contributed by atoms with van der Waals surface area (Å²) in [5.41, 5.74) is 3.70. The van der Waals surface area contributed by atoms with E-state index < -0.39 is 0 Å². The second-order valence-corrected chi connectivity index (χ2v) is 13.2. The summed E-state index contributed by atoms with van der Waals surface area (Å²) in [5.74, 6) is 1.65. The summed E-state index contributed by atoms with van der Waals surface area (Å²) in [6.45, 7) is 5.94. The van der Waals surface area contributed by atoms with Gasteiger partial charge in [-0.2, -0.15) is 0 Å². The lowest BCUT2D eigenvalue weighted by Gasteiger charge is -2.15. The fourth-order valence-electron chi connectivity index (χ4n) is 5.90. The fraction of sp³-hybridized carbons (Fsp3) is 0.545. The average Bonchev–Trinajstić information content (AvgIpc) is 3.12. The van der Waals surface area contributed by atoms with Crippen molar-refractivity contribution < 1.29 is 9.47 Å². The minimum Gasteiger partial charge on any atom is -0.493 e. The summed E-state index contributed by atoms with van der Waals surface area (Å²) in [5, 5.41) is 0. The molecule has 4 nitrogen and oxygen atoms in total. The molecule has 0 atom stereocenters. The minimum atomic E-state index is 0.691. The summed E-state index contributed by atoms with van der Waals surface area (Å²) < 4.78 is 12.9. The van der Waals surface area contributed by atoms with Crippen LogP contribution in [-0.2, 0) is 0 Å². The molecule has 0 aromatic heterocycles. The van der Waals surface area contributed by atoms with Gasteiger partial charge in [0, 0.05) is 23.6 Å². The molecule has 0 unspecified atom stereocenters. The van der Waals surface area contributed by atoms with E-state index in [1.54, 1.807) is 0 Å². The minimum absolute atomic E-state index is 0.691. The first-order valence-corrected chi connectivity index (χ1v) is 19.4. The Kier molecular flexibility index (Phi) is 21.6. The van der Waals surface area contributed by atoms with Crippen molar-refractivity contribution in [2.75, 3.05) is 13.2 Å². The van der Waals surface area contributed by atoms with Crippen molar-refractivity contribution in [1.29, 1.82) is 0 Å². The molecular weight excluding hydrogens is 588 g/mol. The zero-order valence-corrected chi connectivity index (χ0v) is 30.4. The lowest BCUT2D eigenvalue weighted by Crippen LogP contribution is -2.05. The molecule has 0 saturated heterocycles. The Labute approximate surface area is 293 Å². The van der Waals surface area contributed by atoms with Crippen LogP contribution in [0.15, 0.2) is 82.8 Å². The smallest absolute Gasteiger partial charge is 0.128 e. The highest BCUT2D eigenvalue weighted by Gasteiger charge is 2.11. The number of para-hydroxylation sites is 2. The third kappa shape index (κ3) is 17.7. The van der Waals surface area contributed by atoms with Gasteiger partial charge in [0.2, 0.25) is 0 Å². The molecule has 0 N–H and O–H groups in total. The molecule has 0 spiro atoms. The lowest BCUT2D eigenvalue weighted by molar-refractivity contribution is 0.295. The second kappa shape index (κ2) is 26.5. The number of hydrogen-bond donors (Lipinski definition) is 0. The second-order valence-electron chi connectivity index (χ2n) is 13.2. The highest BCUT2D eigenvalue weighted by molar-refractivity contribution is 5.92. The third-order valence-corrected chi connectivity index (χ3v) is 8.87. The zero-order valence-electron chi connectivity index (χ0n) is 30.4. The van der Waals surface area contributed by atoms with Gasteiger partial charge in [0.25, 0.3) is 0 Å². The van der Waals surface area contributed by atoms with Crippen LogP contribution in [-0.4, -0.2) is 25.6 Å². The van der Waals surface area contributed by atoms with Crippen LogP contribution in [0.5, 0.6) is 11.5 Å². The van der Waals surface area contributed by atoms with Crippen LogP contribution in [0.4, 0.5) is 11.4 Å². The van der Waals surface area contributed by atoms with Gasteiger partial charge < -0.3 is 9.47 Å². The number of nitrogens with zero attached hydrogens (tertiary/aromatic N) is 2. The van der Waals surface area contributed by atoms with E-state index in [1.807, 2.05) is 73.1 Å². The Balaban J connectivity index is 1.63. The standard InChI is InChI=1S/C44H64N2O2/c1-3-5-7-9-11-13-15-17-19-27-33-47-43-35-40(38-46-42-31-25-22-26-32-42)44(36-39(43)37-45-41-29-23-21-24-30-41)48-34-28-20-18-16-14-12-10-8-6-4-2/h21-26,29-32,35-38H,3-20,27-28,33-34H2,1-2H3. The molecule has 3 aromatic carbocycles. The van der Waals surface area contributed by atoms with Crippen molar-refractivity contribution in [1.82, 2.24) is 0 Å². The van der Waals surface area contributed by atoms with Crippen LogP contribution in [0, 0.1) is 0 Å². The lowest BCUT2D eigenvalue weighted by atomic mass is 10.1. The molecule has 0 fully saturated rings. The summed E-state index contributed by atoms with van der Waals surface area (Å²) >= 11 is 0. The number of unbranched alkanes of at least 4 members (excludes halogenated alkanes) is 18. The van der Waals surface area contributed by atoms with E-state index in [2.05, 4.69) is 26.0 Å². The van der Waals surface area contributed by atoms with Gasteiger partial charge >= 0.3 is 0 Å². The summed E-state index contributed by atoms with van der Waals surface area (Å²) in [4.78, 5) is 9.55. The van der Waals surface area contributed by atoms with Gasteiger partial charge in [-0.1, -0.05) is 166 Å². The topological polar surface area (TPSA) is 43.2 Å². The SMILES string of the molecule is CCCCCCCCCCCCOc1cc(C=Nc2ccccc2)c(OCCCCCCCCCCCC)cc1C=Nc1ccccc1. The molecular formula is C44H64N2O2. The first-order chi connectivity index (χ1) is 23.8. The van der Waals surface area contributed by atoms with Gasteiger partial charge in [0.15, 0.2) is 0 Å². The Morgan fingerprint density at radius 3 is 1.06 bits per heavy atom. The van der Waals surface area contributed by atoms with Crippen LogP contribution < -0.4 is 9.47 Å². The molecule has 3 aromatic rings. The molecule has 0 radical (unpaired) electrons. The molecule has 0 aliphatic carbocycles. The molecule has 0 aliphatic rings. The number of benzene rings is 3. The first-order valence-electron chi connectivity index (χ1n) is 19.4. The van der Waals surface area contributed by atoms with Crippen molar-refractivity contribution in [3.05, 3.63) is 83.9 Å². The van der Waals surface area contributed by atoms with Gasteiger partial charge in [-0.05, 0) is 49.2 Å². The number of hydrogen-bond acceptors (Lipinski definition) is 4. The van der Waals surface area contributed by atoms with Crippen molar-refractivity contribution >= 4 is 23.8 Å². The molecule has 0 heterocycles. The maximum Gasteiger partial charge on any atom is 0.128 e. The van der Waals surface area contributed by atoms with Crippen LogP contribution in [0.3, 0.4) is 0 Å². The van der Waals surface area contributed by atoms with Gasteiger partial charge in [-0.25, -0.2) is 0 Å². The normalized spacial score (nSPS) is 11.5. The van der Waals surface area contributed by atoms with E-state index in [4.69, 9.17) is 19.5 Å². The third-order valence-electron chi connectivity index (χ3n) is 8.87. The largest absolute Gasteiger partial charge is 0.493 e. The maximum absolute atomic E-state index is 6.45. The summed E-state index contributed by atoms with van der Waals surface area (Å²) in [6.07, 6.45) is 29.9. The van der Waals surface area contributed by atoms with Gasteiger partial charge in [0.1, 0.15) is 11.5 Å². The molecule has 48 heavy (non-hydrogen) atoms. The van der Waals surface area contributed by atoms with Crippen molar-refractivity contribution in [3.63, 3.8) is 0 Å². The van der Waals surface area contributed by atoms with Crippen LogP contribution in [0.25, 0.3) is 0 Å². The maximum atomic E-state index is 6.45. The van der Waals surface area contributed by atoms with Gasteiger partial charge in [0.05, 0.1) is 24.6 Å². The van der Waals surface area contributed by atoms with E-state index in [9.17, 15) is 0 Å². The van der Waals surface area contributed by atoms with Gasteiger partial charge in [-0.15, -0.1) is 0 Å². The molecule has 3 rings (SSSR count). The quantitative estimate of drug-likeness (QED) is 0.0578. The van der Waals surface area contributed by atoms with E-state index in [0.717, 1.165) is 46.8 Å². The van der Waals surface area contributed by atoms with Gasteiger partial charge in [-0.3, -0.25) is 9.98 Å². The fourth-order valence-corrected chi connectivity index (χ4v) is 5.90. The molecule has 0 saturated carbocycles. The Morgan fingerprint density at radius 2 is 0.729 bits per heavy atom. The number of ether oxygens (including phenoxy) is 2. The van der Waals surface area contributed by atoms with E-state index in [1.165, 1.54) is 116 Å². The molecule has 0 aliphatic heterocycles. The van der Waals surface area contributed by atoms with Crippen LogP contribution in [0.1, 0.15) is 153 Å². The average molecular weight is 653 g/mol. The van der Waals surface area contributed by atoms with E-state index >= 15 is 0 Å². The summed E-state index contributed by atoms with van der Waals surface area (Å²) in [7, 11) is 0. The highest BCUT2D eigenvalue weighted by Crippen LogP contribution is 2.29. The van der Waals surface area contributed by atoms with Crippen LogP contribution in [0.2, 0.25) is 0 Å². The Hall–Kier alpha value is -3.40. The molecule has 4 heteroatoms. The molecule has 0 amide bonds. The highest BCUT2D eigenvalue weighted by atomic mass is 16.5. The van der Waals surface area contributed by atoms with Crippen LogP contribution >= 0.6 is 0 Å². The molecule has 262 valence electrons. The van der Waals surface area contributed by atoms with Crippen molar-refractivity contribution in [3.8, 4) is 11.5 Å².